The Morgan fingerprint density at radius 2 is 2.05 bits per heavy atom. The molecule has 0 bridgehead atoms. The third-order valence-electron chi connectivity index (χ3n) is 2.90. The Balaban J connectivity index is 2.12. The van der Waals surface area contributed by atoms with Gasteiger partial charge in [0.2, 0.25) is 0 Å². The van der Waals surface area contributed by atoms with Crippen LogP contribution >= 0.6 is 0 Å². The molecule has 2 aromatic rings. The van der Waals surface area contributed by atoms with Gasteiger partial charge in [-0.15, -0.1) is 0 Å². The van der Waals surface area contributed by atoms with Crippen molar-refractivity contribution in [1.29, 1.82) is 0 Å². The fraction of sp³-hybridized carbons (Fsp3) is 0.308. The number of aromatic nitrogens is 2. The summed E-state index contributed by atoms with van der Waals surface area (Å²) in [7, 11) is 0. The van der Waals surface area contributed by atoms with Crippen LogP contribution in [0.15, 0.2) is 36.7 Å². The first-order valence-corrected chi connectivity index (χ1v) is 5.85. The van der Waals surface area contributed by atoms with Crippen LogP contribution in [0.3, 0.4) is 0 Å². The van der Waals surface area contributed by atoms with E-state index < -0.39 is 17.8 Å². The number of halogens is 3. The summed E-state index contributed by atoms with van der Waals surface area (Å²) in [5.41, 5.74) is 0.553. The van der Waals surface area contributed by atoms with E-state index in [0.29, 0.717) is 6.54 Å². The van der Waals surface area contributed by atoms with Gasteiger partial charge in [-0.2, -0.15) is 18.3 Å². The Kier molecular flexibility index (Phi) is 3.90. The molecule has 0 aliphatic carbocycles. The Hall–Kier alpha value is -1.82. The number of hydrogen-bond donors (Lipinski definition) is 2. The molecule has 102 valence electrons. The predicted molar refractivity (Wildman–Crippen MR) is 65.3 cm³/mol. The molecule has 1 aromatic heterocycles. The molecule has 1 atom stereocenters. The van der Waals surface area contributed by atoms with Crippen molar-refractivity contribution in [2.45, 2.75) is 25.7 Å². The summed E-state index contributed by atoms with van der Waals surface area (Å²) in [6, 6.07) is 5.21. The van der Waals surface area contributed by atoms with Gasteiger partial charge in [0.25, 0.3) is 0 Å². The molecule has 1 aromatic carbocycles. The second kappa shape index (κ2) is 5.44. The standard InChI is InChI=1S/C13H14F3N3/c1-9(17-6-10-7-18-19-8-10)11-4-2-3-5-12(11)13(14,15)16/h2-5,7-9,17H,6H2,1H3,(H,18,19). The summed E-state index contributed by atoms with van der Waals surface area (Å²) >= 11 is 0. The molecule has 2 rings (SSSR count). The minimum atomic E-state index is -4.33. The van der Waals surface area contributed by atoms with E-state index in [4.69, 9.17) is 0 Å². The van der Waals surface area contributed by atoms with E-state index in [1.807, 2.05) is 0 Å². The first-order chi connectivity index (χ1) is 8.98. The molecule has 0 spiro atoms. The maximum absolute atomic E-state index is 12.9. The monoisotopic (exact) mass is 269 g/mol. The second-order valence-corrected chi connectivity index (χ2v) is 4.29. The highest BCUT2D eigenvalue weighted by atomic mass is 19.4. The number of aromatic amines is 1. The van der Waals surface area contributed by atoms with E-state index in [-0.39, 0.29) is 5.56 Å². The summed E-state index contributed by atoms with van der Waals surface area (Å²) in [5.74, 6) is 0. The molecule has 3 nitrogen and oxygen atoms in total. The molecular weight excluding hydrogens is 255 g/mol. The van der Waals surface area contributed by atoms with Gasteiger partial charge in [-0.3, -0.25) is 5.10 Å². The van der Waals surface area contributed by atoms with Gasteiger partial charge >= 0.3 is 6.18 Å². The van der Waals surface area contributed by atoms with Gasteiger partial charge in [-0.1, -0.05) is 18.2 Å². The topological polar surface area (TPSA) is 40.7 Å². The quantitative estimate of drug-likeness (QED) is 0.894. The Bertz CT molecular complexity index is 520. The first-order valence-electron chi connectivity index (χ1n) is 5.85. The number of rotatable bonds is 4. The van der Waals surface area contributed by atoms with Crippen LogP contribution in [0.1, 0.15) is 29.7 Å². The third kappa shape index (κ3) is 3.35. The van der Waals surface area contributed by atoms with Crippen LogP contribution in [0.4, 0.5) is 13.2 Å². The van der Waals surface area contributed by atoms with Gasteiger partial charge in [0, 0.05) is 24.3 Å². The molecule has 6 heteroatoms. The molecule has 19 heavy (non-hydrogen) atoms. The van der Waals surface area contributed by atoms with Gasteiger partial charge in [0.15, 0.2) is 0 Å². The lowest BCUT2D eigenvalue weighted by atomic mass is 10.0. The molecule has 0 aliphatic heterocycles. The largest absolute Gasteiger partial charge is 0.416 e. The SMILES string of the molecule is CC(NCc1cn[nH]c1)c1ccccc1C(F)(F)F. The van der Waals surface area contributed by atoms with Gasteiger partial charge < -0.3 is 5.32 Å². The van der Waals surface area contributed by atoms with Crippen molar-refractivity contribution in [3.63, 3.8) is 0 Å². The molecule has 0 saturated carbocycles. The van der Waals surface area contributed by atoms with Crippen molar-refractivity contribution in [1.82, 2.24) is 15.5 Å². The average molecular weight is 269 g/mol. The van der Waals surface area contributed by atoms with Gasteiger partial charge in [0.05, 0.1) is 11.8 Å². The molecule has 1 unspecified atom stereocenters. The lowest BCUT2D eigenvalue weighted by molar-refractivity contribution is -0.138. The van der Waals surface area contributed by atoms with E-state index in [1.165, 1.54) is 12.1 Å². The van der Waals surface area contributed by atoms with Crippen LogP contribution in [0.2, 0.25) is 0 Å². The average Bonchev–Trinajstić information content (AvgIpc) is 2.88. The number of hydrogen-bond acceptors (Lipinski definition) is 2. The van der Waals surface area contributed by atoms with E-state index in [2.05, 4.69) is 15.5 Å². The molecule has 0 radical (unpaired) electrons. The van der Waals surface area contributed by atoms with Crippen LogP contribution in [-0.4, -0.2) is 10.2 Å². The Morgan fingerprint density at radius 3 is 2.68 bits per heavy atom. The van der Waals surface area contributed by atoms with Gasteiger partial charge in [-0.05, 0) is 18.6 Å². The van der Waals surface area contributed by atoms with Crippen molar-refractivity contribution in [2.24, 2.45) is 0 Å². The highest BCUT2D eigenvalue weighted by Crippen LogP contribution is 2.34. The van der Waals surface area contributed by atoms with Crippen LogP contribution in [0.25, 0.3) is 0 Å². The minimum Gasteiger partial charge on any atom is -0.306 e. The Morgan fingerprint density at radius 1 is 1.32 bits per heavy atom. The lowest BCUT2D eigenvalue weighted by Crippen LogP contribution is -2.21. The molecular formula is C13H14F3N3. The fourth-order valence-corrected chi connectivity index (χ4v) is 1.89. The van der Waals surface area contributed by atoms with Crippen LogP contribution in [0, 0.1) is 0 Å². The summed E-state index contributed by atoms with van der Waals surface area (Å²) in [6.45, 7) is 2.18. The highest BCUT2D eigenvalue weighted by Gasteiger charge is 2.33. The smallest absolute Gasteiger partial charge is 0.306 e. The van der Waals surface area contributed by atoms with E-state index in [9.17, 15) is 13.2 Å². The number of H-pyrrole nitrogens is 1. The first kappa shape index (κ1) is 13.6. The summed E-state index contributed by atoms with van der Waals surface area (Å²) in [6.07, 6.45) is -0.993. The minimum absolute atomic E-state index is 0.249. The van der Waals surface area contributed by atoms with E-state index in [0.717, 1.165) is 11.6 Å². The molecule has 0 fully saturated rings. The zero-order valence-electron chi connectivity index (χ0n) is 10.3. The van der Waals surface area contributed by atoms with Crippen molar-refractivity contribution in [3.8, 4) is 0 Å². The van der Waals surface area contributed by atoms with Crippen LogP contribution in [-0.2, 0) is 12.7 Å². The molecule has 1 heterocycles. The highest BCUT2D eigenvalue weighted by molar-refractivity contribution is 5.32. The van der Waals surface area contributed by atoms with Crippen molar-refractivity contribution >= 4 is 0 Å². The fourth-order valence-electron chi connectivity index (χ4n) is 1.89. The summed E-state index contributed by atoms with van der Waals surface area (Å²) in [5, 5.41) is 9.50. The van der Waals surface area contributed by atoms with Crippen LogP contribution in [0.5, 0.6) is 0 Å². The lowest BCUT2D eigenvalue weighted by Gasteiger charge is -2.19. The molecule has 0 aliphatic rings. The second-order valence-electron chi connectivity index (χ2n) is 4.29. The summed E-state index contributed by atoms with van der Waals surface area (Å²) < 4.78 is 38.6. The molecule has 0 saturated heterocycles. The molecule has 2 N–H and O–H groups in total. The number of nitrogens with one attached hydrogen (secondary N) is 2. The van der Waals surface area contributed by atoms with E-state index >= 15 is 0 Å². The van der Waals surface area contributed by atoms with Crippen LogP contribution < -0.4 is 5.32 Å². The maximum Gasteiger partial charge on any atom is 0.416 e. The van der Waals surface area contributed by atoms with Crippen molar-refractivity contribution in [2.75, 3.05) is 0 Å². The third-order valence-corrected chi connectivity index (χ3v) is 2.90. The zero-order valence-corrected chi connectivity index (χ0v) is 10.3. The number of nitrogens with zero attached hydrogens (tertiary/aromatic N) is 1. The van der Waals surface area contributed by atoms with Gasteiger partial charge in [-0.25, -0.2) is 0 Å². The van der Waals surface area contributed by atoms with Gasteiger partial charge in [0.1, 0.15) is 0 Å². The number of benzene rings is 1. The predicted octanol–water partition coefficient (Wildman–Crippen LogP) is 3.28. The van der Waals surface area contributed by atoms with Crippen molar-refractivity contribution < 1.29 is 13.2 Å². The number of alkyl halides is 3. The van der Waals surface area contributed by atoms with E-state index in [1.54, 1.807) is 25.4 Å². The molecule has 0 amide bonds. The Labute approximate surface area is 108 Å². The maximum atomic E-state index is 12.9. The summed E-state index contributed by atoms with van der Waals surface area (Å²) in [4.78, 5) is 0. The normalized spacial score (nSPS) is 13.5. The van der Waals surface area contributed by atoms with Crippen molar-refractivity contribution in [3.05, 3.63) is 53.3 Å². The zero-order chi connectivity index (χ0) is 13.9.